The van der Waals surface area contributed by atoms with E-state index in [0.29, 0.717) is 19.6 Å². The molecule has 0 aromatic heterocycles. The van der Waals surface area contributed by atoms with Crippen molar-refractivity contribution in [3.8, 4) is 6.07 Å². The molecule has 108 valence electrons. The van der Waals surface area contributed by atoms with Gasteiger partial charge in [0, 0.05) is 6.54 Å². The highest BCUT2D eigenvalue weighted by Gasteiger charge is 2.17. The number of hydrogen-bond donors (Lipinski definition) is 0. The molecule has 1 aromatic carbocycles. The van der Waals surface area contributed by atoms with Crippen LogP contribution in [0.3, 0.4) is 0 Å². The van der Waals surface area contributed by atoms with Crippen LogP contribution in [0.4, 0.5) is 0 Å². The van der Waals surface area contributed by atoms with Gasteiger partial charge in [-0.3, -0.25) is 9.69 Å². The number of ether oxygens (including phenoxy) is 1. The van der Waals surface area contributed by atoms with Crippen molar-refractivity contribution in [3.05, 3.63) is 35.4 Å². The molecule has 1 rings (SSSR count). The summed E-state index contributed by atoms with van der Waals surface area (Å²) in [5.41, 5.74) is 2.20. The summed E-state index contributed by atoms with van der Waals surface area (Å²) in [6.45, 7) is 4.78. The lowest BCUT2D eigenvalue weighted by Crippen LogP contribution is -2.26. The van der Waals surface area contributed by atoms with Gasteiger partial charge in [0.05, 0.1) is 19.1 Å². The van der Waals surface area contributed by atoms with Crippen molar-refractivity contribution in [1.29, 1.82) is 5.26 Å². The topological polar surface area (TPSA) is 53.3 Å². The minimum absolute atomic E-state index is 0.225. The summed E-state index contributed by atoms with van der Waals surface area (Å²) in [6, 6.07) is 9.99. The molecule has 0 aliphatic heterocycles. The van der Waals surface area contributed by atoms with Gasteiger partial charge in [-0.15, -0.1) is 0 Å². The molecule has 0 bridgehead atoms. The fraction of sp³-hybridized carbons (Fsp3) is 0.500. The van der Waals surface area contributed by atoms with E-state index in [1.165, 1.54) is 5.56 Å². The lowest BCUT2D eigenvalue weighted by atomic mass is 10.0. The van der Waals surface area contributed by atoms with E-state index in [-0.39, 0.29) is 12.0 Å². The van der Waals surface area contributed by atoms with Crippen molar-refractivity contribution in [2.24, 2.45) is 0 Å². The third-order valence-electron chi connectivity index (χ3n) is 3.24. The van der Waals surface area contributed by atoms with Crippen LogP contribution in [0, 0.1) is 11.3 Å². The number of benzene rings is 1. The lowest BCUT2D eigenvalue weighted by molar-refractivity contribution is -0.143. The molecule has 0 aliphatic rings. The molecule has 0 aliphatic carbocycles. The second kappa shape index (κ2) is 8.34. The Morgan fingerprint density at radius 3 is 2.50 bits per heavy atom. The number of aryl methyl sites for hydroxylation is 1. The van der Waals surface area contributed by atoms with Crippen molar-refractivity contribution >= 4 is 5.97 Å². The highest BCUT2D eigenvalue weighted by atomic mass is 16.5. The van der Waals surface area contributed by atoms with Crippen LogP contribution in [0.1, 0.15) is 37.4 Å². The summed E-state index contributed by atoms with van der Waals surface area (Å²) in [5.74, 6) is -0.225. The smallest absolute Gasteiger partial charge is 0.307 e. The van der Waals surface area contributed by atoms with Crippen LogP contribution in [-0.4, -0.2) is 31.1 Å². The number of nitriles is 1. The number of carbonyl (C=O) groups excluding carboxylic acids is 1. The van der Waals surface area contributed by atoms with E-state index in [4.69, 9.17) is 4.74 Å². The molecular weight excluding hydrogens is 252 g/mol. The number of esters is 1. The molecule has 1 unspecified atom stereocenters. The SMILES string of the molecule is CCOC(=O)CCN(C)C(C#N)c1ccc(CC)cc1. The molecule has 0 heterocycles. The second-order valence-electron chi connectivity index (χ2n) is 4.66. The van der Waals surface area contributed by atoms with Crippen LogP contribution < -0.4 is 0 Å². The lowest BCUT2D eigenvalue weighted by Gasteiger charge is -2.22. The van der Waals surface area contributed by atoms with Crippen molar-refractivity contribution in [2.75, 3.05) is 20.2 Å². The third-order valence-corrected chi connectivity index (χ3v) is 3.24. The highest BCUT2D eigenvalue weighted by molar-refractivity contribution is 5.69. The van der Waals surface area contributed by atoms with Crippen LogP contribution in [0.25, 0.3) is 0 Å². The Morgan fingerprint density at radius 2 is 2.00 bits per heavy atom. The summed E-state index contributed by atoms with van der Waals surface area (Å²) in [7, 11) is 1.85. The van der Waals surface area contributed by atoms with E-state index in [0.717, 1.165) is 12.0 Å². The van der Waals surface area contributed by atoms with E-state index in [1.54, 1.807) is 6.92 Å². The van der Waals surface area contributed by atoms with Crippen LogP contribution in [0.15, 0.2) is 24.3 Å². The Kier molecular flexibility index (Phi) is 6.75. The molecule has 0 spiro atoms. The highest BCUT2D eigenvalue weighted by Crippen LogP contribution is 2.19. The number of nitrogens with zero attached hydrogens (tertiary/aromatic N) is 2. The van der Waals surface area contributed by atoms with Crippen molar-refractivity contribution in [2.45, 2.75) is 32.7 Å². The van der Waals surface area contributed by atoms with Crippen molar-refractivity contribution in [3.63, 3.8) is 0 Å². The average molecular weight is 274 g/mol. The zero-order valence-corrected chi connectivity index (χ0v) is 12.4. The normalized spacial score (nSPS) is 11.9. The molecule has 0 amide bonds. The fourth-order valence-electron chi connectivity index (χ4n) is 1.99. The Labute approximate surface area is 121 Å². The van der Waals surface area contributed by atoms with Crippen molar-refractivity contribution < 1.29 is 9.53 Å². The Hall–Kier alpha value is -1.86. The zero-order chi connectivity index (χ0) is 15.0. The monoisotopic (exact) mass is 274 g/mol. The molecule has 1 atom stereocenters. The molecule has 0 saturated heterocycles. The number of rotatable bonds is 7. The molecule has 0 saturated carbocycles. The first-order valence-electron chi connectivity index (χ1n) is 6.96. The van der Waals surface area contributed by atoms with Crippen LogP contribution in [-0.2, 0) is 16.0 Å². The van der Waals surface area contributed by atoms with Gasteiger partial charge in [0.1, 0.15) is 6.04 Å². The fourth-order valence-corrected chi connectivity index (χ4v) is 1.99. The quantitative estimate of drug-likeness (QED) is 0.717. The Bertz CT molecular complexity index is 462. The molecule has 4 heteroatoms. The minimum atomic E-state index is -0.338. The molecule has 20 heavy (non-hydrogen) atoms. The maximum absolute atomic E-state index is 11.3. The standard InChI is InChI=1S/C16H22N2O2/c1-4-13-6-8-14(9-7-13)15(12-17)18(3)11-10-16(19)20-5-2/h6-9,15H,4-5,10-11H2,1-3H3. The molecule has 4 nitrogen and oxygen atoms in total. The maximum atomic E-state index is 11.3. The maximum Gasteiger partial charge on any atom is 0.307 e. The van der Waals surface area contributed by atoms with Gasteiger partial charge in [-0.05, 0) is 31.5 Å². The van der Waals surface area contributed by atoms with E-state index in [9.17, 15) is 10.1 Å². The molecular formula is C16H22N2O2. The first-order chi connectivity index (χ1) is 9.62. The van der Waals surface area contributed by atoms with E-state index < -0.39 is 0 Å². The van der Waals surface area contributed by atoms with Gasteiger partial charge in [0.2, 0.25) is 0 Å². The van der Waals surface area contributed by atoms with E-state index in [1.807, 2.05) is 36.2 Å². The van der Waals surface area contributed by atoms with Crippen LogP contribution in [0.5, 0.6) is 0 Å². The van der Waals surface area contributed by atoms with Crippen LogP contribution >= 0.6 is 0 Å². The van der Waals surface area contributed by atoms with Crippen molar-refractivity contribution in [1.82, 2.24) is 4.90 Å². The third kappa shape index (κ3) is 4.67. The predicted molar refractivity (Wildman–Crippen MR) is 78.1 cm³/mol. The Morgan fingerprint density at radius 1 is 1.35 bits per heavy atom. The molecule has 1 aromatic rings. The van der Waals surface area contributed by atoms with E-state index in [2.05, 4.69) is 13.0 Å². The van der Waals surface area contributed by atoms with Gasteiger partial charge in [-0.25, -0.2) is 0 Å². The van der Waals surface area contributed by atoms with Gasteiger partial charge >= 0.3 is 5.97 Å². The van der Waals surface area contributed by atoms with Crippen LogP contribution in [0.2, 0.25) is 0 Å². The van der Waals surface area contributed by atoms with Gasteiger partial charge in [-0.1, -0.05) is 31.2 Å². The summed E-state index contributed by atoms with van der Waals surface area (Å²) in [6.07, 6.45) is 1.28. The van der Waals surface area contributed by atoms with Gasteiger partial charge < -0.3 is 4.74 Å². The van der Waals surface area contributed by atoms with Gasteiger partial charge in [-0.2, -0.15) is 5.26 Å². The summed E-state index contributed by atoms with van der Waals surface area (Å²) < 4.78 is 4.89. The minimum Gasteiger partial charge on any atom is -0.466 e. The number of carbonyl (C=O) groups is 1. The summed E-state index contributed by atoms with van der Waals surface area (Å²) in [4.78, 5) is 13.2. The summed E-state index contributed by atoms with van der Waals surface area (Å²) >= 11 is 0. The molecule has 0 N–H and O–H groups in total. The summed E-state index contributed by atoms with van der Waals surface area (Å²) in [5, 5.41) is 9.34. The molecule has 0 fully saturated rings. The Balaban J connectivity index is 2.64. The zero-order valence-electron chi connectivity index (χ0n) is 12.4. The first-order valence-corrected chi connectivity index (χ1v) is 6.96. The molecule has 0 radical (unpaired) electrons. The van der Waals surface area contributed by atoms with E-state index >= 15 is 0 Å². The second-order valence-corrected chi connectivity index (χ2v) is 4.66. The first kappa shape index (κ1) is 16.2. The van der Waals surface area contributed by atoms with Gasteiger partial charge in [0.15, 0.2) is 0 Å². The predicted octanol–water partition coefficient (Wildman–Crippen LogP) is 2.70. The largest absolute Gasteiger partial charge is 0.466 e. The number of hydrogen-bond acceptors (Lipinski definition) is 4. The average Bonchev–Trinajstić information content (AvgIpc) is 2.47. The van der Waals surface area contributed by atoms with Gasteiger partial charge in [0.25, 0.3) is 0 Å².